The summed E-state index contributed by atoms with van der Waals surface area (Å²) in [5.41, 5.74) is 0.948. The van der Waals surface area contributed by atoms with Gasteiger partial charge in [-0.05, 0) is 12.1 Å². The van der Waals surface area contributed by atoms with Crippen molar-refractivity contribution in [3.05, 3.63) is 34.3 Å². The van der Waals surface area contributed by atoms with Crippen LogP contribution in [-0.2, 0) is 6.61 Å². The van der Waals surface area contributed by atoms with Gasteiger partial charge in [-0.3, -0.25) is 0 Å². The highest BCUT2D eigenvalue weighted by atomic mass is 35.5. The number of aromatic nitrogens is 1. The average molecular weight is 285 g/mol. The van der Waals surface area contributed by atoms with Crippen LogP contribution in [0.25, 0.3) is 0 Å². The largest absolute Gasteiger partial charge is 0.497 e. The lowest BCUT2D eigenvalue weighted by atomic mass is 10.3. The lowest BCUT2D eigenvalue weighted by Crippen LogP contribution is -2.08. The van der Waals surface area contributed by atoms with Crippen LogP contribution in [0.1, 0.15) is 4.88 Å². The van der Waals surface area contributed by atoms with Crippen LogP contribution in [0.5, 0.6) is 5.75 Å². The van der Waals surface area contributed by atoms with E-state index in [1.54, 1.807) is 7.11 Å². The topological polar surface area (TPSA) is 45.6 Å². The fourth-order valence-electron chi connectivity index (χ4n) is 1.49. The summed E-state index contributed by atoms with van der Waals surface area (Å²) in [4.78, 5) is 6.79. The lowest BCUT2D eigenvalue weighted by molar-refractivity contribution is 0.285. The fourth-order valence-corrected chi connectivity index (χ4v) is 2.59. The molecule has 6 heteroatoms. The molecule has 0 spiro atoms. The summed E-state index contributed by atoms with van der Waals surface area (Å²) >= 11 is 7.29. The number of benzene rings is 1. The molecule has 0 saturated carbocycles. The zero-order valence-electron chi connectivity index (χ0n) is 10.1. The number of anilines is 2. The number of rotatable bonds is 4. The number of thiazole rings is 1. The van der Waals surface area contributed by atoms with Crippen molar-refractivity contribution in [3.63, 3.8) is 0 Å². The summed E-state index contributed by atoms with van der Waals surface area (Å²) in [5, 5.41) is 10.2. The predicted octanol–water partition coefficient (Wildman–Crippen LogP) is 3.07. The van der Waals surface area contributed by atoms with Crippen molar-refractivity contribution >= 4 is 33.8 Å². The van der Waals surface area contributed by atoms with E-state index in [2.05, 4.69) is 4.98 Å². The molecule has 0 atom stereocenters. The van der Waals surface area contributed by atoms with E-state index >= 15 is 0 Å². The Labute approximate surface area is 114 Å². The molecule has 1 heterocycles. The molecular formula is C12H13ClN2O2S. The SMILES string of the molecule is COc1cccc(N(C)c2nc(Cl)c(CO)s2)c1. The van der Waals surface area contributed by atoms with Gasteiger partial charge in [-0.25, -0.2) is 4.98 Å². The van der Waals surface area contributed by atoms with E-state index in [0.29, 0.717) is 10.0 Å². The van der Waals surface area contributed by atoms with Crippen LogP contribution in [0.3, 0.4) is 0 Å². The van der Waals surface area contributed by atoms with Crippen LogP contribution in [0, 0.1) is 0 Å². The summed E-state index contributed by atoms with van der Waals surface area (Å²) in [6.07, 6.45) is 0. The minimum Gasteiger partial charge on any atom is -0.497 e. The quantitative estimate of drug-likeness (QED) is 0.937. The summed E-state index contributed by atoms with van der Waals surface area (Å²) in [6.45, 7) is -0.0948. The molecule has 2 rings (SSSR count). The monoisotopic (exact) mass is 284 g/mol. The number of aliphatic hydroxyl groups excluding tert-OH is 1. The Morgan fingerprint density at radius 3 is 2.89 bits per heavy atom. The molecular weight excluding hydrogens is 272 g/mol. The van der Waals surface area contributed by atoms with Crippen LogP contribution in [0.4, 0.5) is 10.8 Å². The maximum atomic E-state index is 9.11. The Morgan fingerprint density at radius 2 is 2.28 bits per heavy atom. The van der Waals surface area contributed by atoms with Crippen LogP contribution >= 0.6 is 22.9 Å². The van der Waals surface area contributed by atoms with Crippen molar-refractivity contribution < 1.29 is 9.84 Å². The molecule has 0 aliphatic heterocycles. The number of hydrogen-bond donors (Lipinski definition) is 1. The van der Waals surface area contributed by atoms with Gasteiger partial charge < -0.3 is 14.7 Å². The number of hydrogen-bond acceptors (Lipinski definition) is 5. The fraction of sp³-hybridized carbons (Fsp3) is 0.250. The standard InChI is InChI=1S/C12H13ClN2O2S/c1-15(8-4-3-5-9(6-8)17-2)12-14-11(13)10(7-16)18-12/h3-6,16H,7H2,1-2H3. The van der Waals surface area contributed by atoms with Gasteiger partial charge in [0.05, 0.1) is 18.6 Å². The molecule has 1 N–H and O–H groups in total. The number of aliphatic hydroxyl groups is 1. The van der Waals surface area contributed by atoms with Crippen LogP contribution in [0.2, 0.25) is 5.15 Å². The van der Waals surface area contributed by atoms with E-state index in [-0.39, 0.29) is 6.61 Å². The molecule has 0 saturated heterocycles. The van der Waals surface area contributed by atoms with E-state index in [1.165, 1.54) is 11.3 Å². The van der Waals surface area contributed by atoms with Gasteiger partial charge in [-0.2, -0.15) is 0 Å². The first-order chi connectivity index (χ1) is 8.65. The lowest BCUT2D eigenvalue weighted by Gasteiger charge is -2.16. The highest BCUT2D eigenvalue weighted by Crippen LogP contribution is 2.33. The summed E-state index contributed by atoms with van der Waals surface area (Å²) in [7, 11) is 3.52. The number of halogens is 1. The highest BCUT2D eigenvalue weighted by molar-refractivity contribution is 7.16. The Bertz CT molecular complexity index is 545. The van der Waals surface area contributed by atoms with E-state index < -0.39 is 0 Å². The molecule has 0 radical (unpaired) electrons. The number of ether oxygens (including phenoxy) is 1. The molecule has 0 aliphatic carbocycles. The maximum absolute atomic E-state index is 9.11. The maximum Gasteiger partial charge on any atom is 0.191 e. The zero-order chi connectivity index (χ0) is 13.1. The molecule has 0 fully saturated rings. The van der Waals surface area contributed by atoms with Gasteiger partial charge in [0.2, 0.25) is 0 Å². The van der Waals surface area contributed by atoms with Gasteiger partial charge in [0.1, 0.15) is 10.9 Å². The molecule has 1 aromatic carbocycles. The average Bonchev–Trinajstić information content (AvgIpc) is 2.79. The first kappa shape index (κ1) is 13.1. The smallest absolute Gasteiger partial charge is 0.191 e. The van der Waals surface area contributed by atoms with Gasteiger partial charge >= 0.3 is 0 Å². The third-order valence-corrected chi connectivity index (χ3v) is 4.05. The third kappa shape index (κ3) is 2.58. The molecule has 96 valence electrons. The number of nitrogens with zero attached hydrogens (tertiary/aromatic N) is 2. The van der Waals surface area contributed by atoms with Crippen molar-refractivity contribution in [2.24, 2.45) is 0 Å². The third-order valence-electron chi connectivity index (χ3n) is 2.51. The summed E-state index contributed by atoms with van der Waals surface area (Å²) in [6, 6.07) is 7.66. The zero-order valence-corrected chi connectivity index (χ0v) is 11.6. The molecule has 18 heavy (non-hydrogen) atoms. The molecule has 0 amide bonds. The summed E-state index contributed by atoms with van der Waals surface area (Å²) < 4.78 is 5.18. The molecule has 1 aromatic heterocycles. The molecule has 2 aromatic rings. The normalized spacial score (nSPS) is 10.4. The summed E-state index contributed by atoms with van der Waals surface area (Å²) in [5.74, 6) is 0.782. The Hall–Kier alpha value is -1.30. The van der Waals surface area contributed by atoms with Crippen molar-refractivity contribution in [2.45, 2.75) is 6.61 Å². The van der Waals surface area contributed by atoms with Crippen molar-refractivity contribution in [3.8, 4) is 5.75 Å². The van der Waals surface area contributed by atoms with Crippen LogP contribution < -0.4 is 9.64 Å². The first-order valence-electron chi connectivity index (χ1n) is 5.29. The van der Waals surface area contributed by atoms with Crippen LogP contribution in [-0.4, -0.2) is 24.2 Å². The Balaban J connectivity index is 2.31. The second-order valence-corrected chi connectivity index (χ2v) is 5.05. The van der Waals surface area contributed by atoms with Crippen molar-refractivity contribution in [2.75, 3.05) is 19.1 Å². The van der Waals surface area contributed by atoms with Gasteiger partial charge in [0, 0.05) is 18.8 Å². The van der Waals surface area contributed by atoms with Gasteiger partial charge in [-0.15, -0.1) is 0 Å². The van der Waals surface area contributed by atoms with Gasteiger partial charge in [0.25, 0.3) is 0 Å². The Kier molecular flexibility index (Phi) is 4.06. The Morgan fingerprint density at radius 1 is 1.50 bits per heavy atom. The van der Waals surface area contributed by atoms with Crippen molar-refractivity contribution in [1.82, 2.24) is 4.98 Å². The van der Waals surface area contributed by atoms with E-state index in [9.17, 15) is 0 Å². The molecule has 0 unspecified atom stereocenters. The minimum absolute atomic E-state index is 0.0948. The highest BCUT2D eigenvalue weighted by Gasteiger charge is 2.13. The van der Waals surface area contributed by atoms with Gasteiger partial charge in [-0.1, -0.05) is 29.0 Å². The minimum atomic E-state index is -0.0948. The second kappa shape index (κ2) is 5.56. The van der Waals surface area contributed by atoms with E-state index in [4.69, 9.17) is 21.4 Å². The predicted molar refractivity (Wildman–Crippen MR) is 74.1 cm³/mol. The van der Waals surface area contributed by atoms with E-state index in [1.807, 2.05) is 36.2 Å². The first-order valence-corrected chi connectivity index (χ1v) is 6.49. The number of methoxy groups -OCH3 is 1. The van der Waals surface area contributed by atoms with E-state index in [0.717, 1.165) is 16.6 Å². The van der Waals surface area contributed by atoms with Crippen molar-refractivity contribution in [1.29, 1.82) is 0 Å². The molecule has 4 nitrogen and oxygen atoms in total. The second-order valence-electron chi connectivity index (χ2n) is 3.63. The molecule has 0 aliphatic rings. The molecule has 0 bridgehead atoms. The van der Waals surface area contributed by atoms with Gasteiger partial charge in [0.15, 0.2) is 5.13 Å². The van der Waals surface area contributed by atoms with Crippen LogP contribution in [0.15, 0.2) is 24.3 Å².